The smallest absolute Gasteiger partial charge is 0.326 e. The number of carbonyl (C=O) groups excluding carboxylic acids is 1. The molecule has 0 fully saturated rings. The van der Waals surface area contributed by atoms with Gasteiger partial charge in [0.25, 0.3) is 0 Å². The highest BCUT2D eigenvalue weighted by molar-refractivity contribution is 7.79. The number of amides is 1. The number of carbonyl (C=O) groups is 1. The second-order valence-corrected chi connectivity index (χ2v) is 3.73. The summed E-state index contributed by atoms with van der Waals surface area (Å²) in [4.78, 5) is 10.8. The van der Waals surface area contributed by atoms with Crippen LogP contribution in [0.5, 0.6) is 0 Å². The van der Waals surface area contributed by atoms with Crippen molar-refractivity contribution in [2.75, 3.05) is 5.32 Å². The highest BCUT2D eigenvalue weighted by Crippen LogP contribution is 2.20. The highest BCUT2D eigenvalue weighted by Gasteiger charge is 2.15. The topological polar surface area (TPSA) is 104 Å². The minimum absolute atomic E-state index is 0.0983. The quantitative estimate of drug-likeness (QED) is 0.565. The maximum atomic E-state index is 10.8. The van der Waals surface area contributed by atoms with Crippen LogP contribution >= 0.6 is 0 Å². The minimum atomic E-state index is -4.67. The average molecular weight is 231 g/mol. The summed E-state index contributed by atoms with van der Waals surface area (Å²) in [6.07, 6.45) is 0.538. The molecule has 1 aliphatic rings. The lowest BCUT2D eigenvalue weighted by atomic mass is 10.2. The number of benzene rings is 1. The maximum Gasteiger partial charge on any atom is 0.394 e. The van der Waals surface area contributed by atoms with Crippen molar-refractivity contribution in [3.63, 3.8) is 0 Å². The third kappa shape index (κ3) is 4.54. The lowest BCUT2D eigenvalue weighted by Crippen LogP contribution is -2.03. The van der Waals surface area contributed by atoms with E-state index in [-0.39, 0.29) is 5.91 Å². The zero-order valence-corrected chi connectivity index (χ0v) is 8.36. The standard InChI is InChI=1S/C8H7NO.H2O4S/c10-8-5-6-3-1-2-4-7(6)9-8;1-5(2,3)4/h1-4H,5H2,(H,9,10);(H2,1,2,3,4). The van der Waals surface area contributed by atoms with Gasteiger partial charge in [-0.1, -0.05) is 18.2 Å². The number of nitrogens with one attached hydrogen (secondary N) is 1. The Bertz CT molecular complexity index is 433. The summed E-state index contributed by atoms with van der Waals surface area (Å²) in [5.74, 6) is 0.0983. The van der Waals surface area contributed by atoms with Crippen LogP contribution in [-0.2, 0) is 21.6 Å². The summed E-state index contributed by atoms with van der Waals surface area (Å²) in [6, 6.07) is 7.75. The van der Waals surface area contributed by atoms with E-state index in [4.69, 9.17) is 17.5 Å². The molecule has 0 aliphatic carbocycles. The second kappa shape index (κ2) is 4.39. The number of anilines is 1. The summed E-state index contributed by atoms with van der Waals surface area (Å²) < 4.78 is 31.6. The Hall–Kier alpha value is -1.44. The molecule has 6 nitrogen and oxygen atoms in total. The first-order valence-electron chi connectivity index (χ1n) is 3.94. The van der Waals surface area contributed by atoms with Gasteiger partial charge in [-0.15, -0.1) is 0 Å². The molecule has 1 amide bonds. The van der Waals surface area contributed by atoms with E-state index in [9.17, 15) is 4.79 Å². The Morgan fingerprint density at radius 1 is 1.20 bits per heavy atom. The molecule has 15 heavy (non-hydrogen) atoms. The monoisotopic (exact) mass is 231 g/mol. The van der Waals surface area contributed by atoms with E-state index in [0.717, 1.165) is 11.3 Å². The molecule has 0 bridgehead atoms. The molecule has 0 aromatic heterocycles. The lowest BCUT2D eigenvalue weighted by molar-refractivity contribution is -0.115. The Morgan fingerprint density at radius 2 is 1.73 bits per heavy atom. The van der Waals surface area contributed by atoms with E-state index in [2.05, 4.69) is 5.32 Å². The van der Waals surface area contributed by atoms with E-state index < -0.39 is 10.4 Å². The van der Waals surface area contributed by atoms with Crippen LogP contribution in [0.1, 0.15) is 5.56 Å². The number of hydrogen-bond acceptors (Lipinski definition) is 3. The van der Waals surface area contributed by atoms with Gasteiger partial charge in [0.05, 0.1) is 6.42 Å². The van der Waals surface area contributed by atoms with Crippen molar-refractivity contribution in [1.29, 1.82) is 0 Å². The Labute approximate surface area is 86.5 Å². The predicted molar refractivity (Wildman–Crippen MR) is 53.0 cm³/mol. The van der Waals surface area contributed by atoms with Crippen LogP contribution in [-0.4, -0.2) is 23.4 Å². The number of para-hydroxylation sites is 1. The largest absolute Gasteiger partial charge is 0.394 e. The van der Waals surface area contributed by atoms with E-state index in [0.29, 0.717) is 6.42 Å². The van der Waals surface area contributed by atoms with Crippen LogP contribution in [0, 0.1) is 0 Å². The van der Waals surface area contributed by atoms with Crippen LogP contribution in [0.4, 0.5) is 5.69 Å². The van der Waals surface area contributed by atoms with E-state index in [1.165, 1.54) is 0 Å². The van der Waals surface area contributed by atoms with Gasteiger partial charge in [0.1, 0.15) is 0 Å². The molecule has 0 atom stereocenters. The summed E-state index contributed by atoms with van der Waals surface area (Å²) in [5, 5.41) is 2.76. The first-order chi connectivity index (χ1) is 6.86. The van der Waals surface area contributed by atoms with Gasteiger partial charge < -0.3 is 5.32 Å². The summed E-state index contributed by atoms with van der Waals surface area (Å²) in [6.45, 7) is 0. The van der Waals surface area contributed by atoms with Crippen LogP contribution in [0.25, 0.3) is 0 Å². The minimum Gasteiger partial charge on any atom is -0.326 e. The molecule has 3 N–H and O–H groups in total. The van der Waals surface area contributed by atoms with Gasteiger partial charge in [0, 0.05) is 5.69 Å². The Kier molecular flexibility index (Phi) is 3.40. The summed E-state index contributed by atoms with van der Waals surface area (Å²) in [5.41, 5.74) is 2.07. The SMILES string of the molecule is O=C1Cc2ccccc2N1.O=S(=O)(O)O. The highest BCUT2D eigenvalue weighted by atomic mass is 32.3. The molecule has 7 heteroatoms. The molecule has 0 radical (unpaired) electrons. The molecule has 1 aromatic rings. The van der Waals surface area contributed by atoms with Gasteiger partial charge in [0.2, 0.25) is 5.91 Å². The van der Waals surface area contributed by atoms with Crippen molar-refractivity contribution in [1.82, 2.24) is 0 Å². The zero-order valence-electron chi connectivity index (χ0n) is 7.54. The van der Waals surface area contributed by atoms with E-state index in [1.54, 1.807) is 0 Å². The molecule has 0 saturated heterocycles. The van der Waals surface area contributed by atoms with Gasteiger partial charge >= 0.3 is 10.4 Å². The molecule has 1 aliphatic heterocycles. The molecule has 0 spiro atoms. The fourth-order valence-corrected chi connectivity index (χ4v) is 1.16. The molecule has 0 saturated carbocycles. The summed E-state index contributed by atoms with van der Waals surface area (Å²) in [7, 11) is -4.67. The fraction of sp³-hybridized carbons (Fsp3) is 0.125. The van der Waals surface area contributed by atoms with Crippen molar-refractivity contribution in [3.8, 4) is 0 Å². The fourth-order valence-electron chi connectivity index (χ4n) is 1.16. The van der Waals surface area contributed by atoms with E-state index in [1.807, 2.05) is 24.3 Å². The van der Waals surface area contributed by atoms with Crippen molar-refractivity contribution >= 4 is 22.0 Å². The maximum absolute atomic E-state index is 10.8. The van der Waals surface area contributed by atoms with Gasteiger partial charge in [-0.25, -0.2) is 0 Å². The Morgan fingerprint density at radius 3 is 2.27 bits per heavy atom. The first kappa shape index (κ1) is 11.6. The molecule has 2 rings (SSSR count). The van der Waals surface area contributed by atoms with Crippen molar-refractivity contribution in [2.45, 2.75) is 6.42 Å². The van der Waals surface area contributed by atoms with Gasteiger partial charge in [-0.2, -0.15) is 8.42 Å². The van der Waals surface area contributed by atoms with Gasteiger partial charge in [-0.3, -0.25) is 13.9 Å². The third-order valence-corrected chi connectivity index (χ3v) is 1.64. The molecule has 82 valence electrons. The number of hydrogen-bond donors (Lipinski definition) is 3. The van der Waals surface area contributed by atoms with Crippen LogP contribution in [0.2, 0.25) is 0 Å². The van der Waals surface area contributed by atoms with Crippen LogP contribution < -0.4 is 5.32 Å². The van der Waals surface area contributed by atoms with E-state index >= 15 is 0 Å². The summed E-state index contributed by atoms with van der Waals surface area (Å²) >= 11 is 0. The van der Waals surface area contributed by atoms with Gasteiger partial charge in [0.15, 0.2) is 0 Å². The van der Waals surface area contributed by atoms with Crippen molar-refractivity contribution in [3.05, 3.63) is 29.8 Å². The predicted octanol–water partition coefficient (Wildman–Crippen LogP) is 0.528. The normalized spacial score (nSPS) is 13.6. The molecule has 1 heterocycles. The molecular weight excluding hydrogens is 222 g/mol. The molecule has 0 unspecified atom stereocenters. The molecule has 1 aromatic carbocycles. The van der Waals surface area contributed by atoms with Crippen LogP contribution in [0.3, 0.4) is 0 Å². The second-order valence-electron chi connectivity index (χ2n) is 2.83. The van der Waals surface area contributed by atoms with Gasteiger partial charge in [-0.05, 0) is 11.6 Å². The van der Waals surface area contributed by atoms with Crippen molar-refractivity contribution in [2.24, 2.45) is 0 Å². The first-order valence-corrected chi connectivity index (χ1v) is 5.33. The number of rotatable bonds is 0. The lowest BCUT2D eigenvalue weighted by Gasteiger charge is -1.93. The Balaban J connectivity index is 0.000000195. The average Bonchev–Trinajstić information content (AvgIpc) is 2.40. The van der Waals surface area contributed by atoms with Crippen LogP contribution in [0.15, 0.2) is 24.3 Å². The zero-order chi connectivity index (χ0) is 11.5. The third-order valence-electron chi connectivity index (χ3n) is 1.64. The molecular formula is C8H9NO5S. The number of fused-ring (bicyclic) bond motifs is 1. The van der Waals surface area contributed by atoms with Crippen molar-refractivity contribution < 1.29 is 22.3 Å².